The van der Waals surface area contributed by atoms with Crippen LogP contribution in [0.25, 0.3) is 10.1 Å². The molecule has 0 aliphatic rings. The summed E-state index contributed by atoms with van der Waals surface area (Å²) in [6.45, 7) is -0.105. The molecule has 4 heteroatoms. The lowest BCUT2D eigenvalue weighted by Crippen LogP contribution is -1.82. The Hall–Kier alpha value is -0.330. The number of hydrogen-bond acceptors (Lipinski definition) is 3. The van der Waals surface area contributed by atoms with Crippen LogP contribution in [0, 0.1) is 3.57 Å². The molecule has 0 aliphatic carbocycles. The number of hydrogen-bond donors (Lipinski definition) is 2. The van der Waals surface area contributed by atoms with Gasteiger partial charge in [-0.25, -0.2) is 0 Å². The first-order chi connectivity index (χ1) is 6.24. The van der Waals surface area contributed by atoms with Crippen LogP contribution >= 0.6 is 33.9 Å². The molecule has 0 aliphatic heterocycles. The minimum atomic E-state index is -0.105. The number of benzene rings is 1. The smallest absolute Gasteiger partial charge is 0.177 e. The van der Waals surface area contributed by atoms with Gasteiger partial charge in [0.2, 0.25) is 0 Å². The van der Waals surface area contributed by atoms with E-state index < -0.39 is 0 Å². The Morgan fingerprint density at radius 1 is 1.38 bits per heavy atom. The normalized spacial score (nSPS) is 10.9. The van der Waals surface area contributed by atoms with Crippen LogP contribution in [0.15, 0.2) is 18.2 Å². The number of thiophene rings is 1. The summed E-state index contributed by atoms with van der Waals surface area (Å²) in [7, 11) is 0. The van der Waals surface area contributed by atoms with Crippen molar-refractivity contribution in [3.63, 3.8) is 0 Å². The van der Waals surface area contributed by atoms with Gasteiger partial charge in [0.15, 0.2) is 5.06 Å². The molecule has 0 saturated carbocycles. The highest BCUT2D eigenvalue weighted by molar-refractivity contribution is 14.1. The molecule has 0 unspecified atom stereocenters. The average molecular weight is 306 g/mol. The number of aliphatic hydroxyl groups is 1. The SMILES string of the molecule is OCc1c(O)sc2cccc(I)c12. The number of aliphatic hydroxyl groups excluding tert-OH is 1. The first kappa shape index (κ1) is 9.23. The summed E-state index contributed by atoms with van der Waals surface area (Å²) in [5.74, 6) is 0. The molecule has 2 nitrogen and oxygen atoms in total. The van der Waals surface area contributed by atoms with Gasteiger partial charge < -0.3 is 10.2 Å². The Morgan fingerprint density at radius 2 is 2.15 bits per heavy atom. The van der Waals surface area contributed by atoms with Crippen LogP contribution in [0.4, 0.5) is 0 Å². The monoisotopic (exact) mass is 306 g/mol. The Balaban J connectivity index is 2.88. The van der Waals surface area contributed by atoms with Crippen molar-refractivity contribution in [2.24, 2.45) is 0 Å². The van der Waals surface area contributed by atoms with E-state index in [9.17, 15) is 5.11 Å². The lowest BCUT2D eigenvalue weighted by atomic mass is 10.2. The quantitative estimate of drug-likeness (QED) is 0.795. The van der Waals surface area contributed by atoms with E-state index in [-0.39, 0.29) is 11.7 Å². The number of halogens is 1. The molecule has 1 aromatic carbocycles. The topological polar surface area (TPSA) is 40.5 Å². The van der Waals surface area contributed by atoms with Gasteiger partial charge in [-0.2, -0.15) is 0 Å². The zero-order valence-electron chi connectivity index (χ0n) is 6.62. The highest BCUT2D eigenvalue weighted by atomic mass is 127. The number of aromatic hydroxyl groups is 1. The van der Waals surface area contributed by atoms with E-state index in [4.69, 9.17) is 5.11 Å². The van der Waals surface area contributed by atoms with Gasteiger partial charge in [-0.15, -0.1) is 0 Å². The predicted molar refractivity (Wildman–Crippen MR) is 62.1 cm³/mol. The van der Waals surface area contributed by atoms with E-state index in [0.29, 0.717) is 5.56 Å². The van der Waals surface area contributed by atoms with E-state index in [2.05, 4.69) is 22.6 Å². The van der Waals surface area contributed by atoms with Gasteiger partial charge in [0.1, 0.15) is 0 Å². The van der Waals surface area contributed by atoms with Crippen LogP contribution in [0.3, 0.4) is 0 Å². The molecule has 13 heavy (non-hydrogen) atoms. The van der Waals surface area contributed by atoms with E-state index in [1.54, 1.807) is 0 Å². The molecule has 2 aromatic rings. The fraction of sp³-hybridized carbons (Fsp3) is 0.111. The van der Waals surface area contributed by atoms with Crippen molar-refractivity contribution < 1.29 is 10.2 Å². The zero-order valence-corrected chi connectivity index (χ0v) is 9.59. The van der Waals surface area contributed by atoms with Crippen molar-refractivity contribution in [1.82, 2.24) is 0 Å². The summed E-state index contributed by atoms with van der Waals surface area (Å²) in [4.78, 5) is 0. The second kappa shape index (κ2) is 3.43. The predicted octanol–water partition coefficient (Wildman–Crippen LogP) is 2.70. The van der Waals surface area contributed by atoms with Gasteiger partial charge in [-0.3, -0.25) is 0 Å². The van der Waals surface area contributed by atoms with Crippen LogP contribution < -0.4 is 0 Å². The molecule has 0 fully saturated rings. The summed E-state index contributed by atoms with van der Waals surface area (Å²) in [6, 6.07) is 5.86. The Morgan fingerprint density at radius 3 is 2.85 bits per heavy atom. The van der Waals surface area contributed by atoms with Crippen molar-refractivity contribution in [2.45, 2.75) is 6.61 Å². The molecule has 0 atom stereocenters. The largest absolute Gasteiger partial charge is 0.499 e. The molecular formula is C9H7IO2S. The van der Waals surface area contributed by atoms with Crippen molar-refractivity contribution in [2.75, 3.05) is 0 Å². The third-order valence-electron chi connectivity index (χ3n) is 1.90. The van der Waals surface area contributed by atoms with Crippen molar-refractivity contribution in [3.05, 3.63) is 27.3 Å². The number of fused-ring (bicyclic) bond motifs is 1. The molecule has 2 N–H and O–H groups in total. The first-order valence-electron chi connectivity index (χ1n) is 3.73. The maximum Gasteiger partial charge on any atom is 0.177 e. The van der Waals surface area contributed by atoms with E-state index >= 15 is 0 Å². The van der Waals surface area contributed by atoms with Crippen LogP contribution in [-0.4, -0.2) is 10.2 Å². The third kappa shape index (κ3) is 1.43. The van der Waals surface area contributed by atoms with Gasteiger partial charge in [-0.1, -0.05) is 17.4 Å². The lowest BCUT2D eigenvalue weighted by molar-refractivity contribution is 0.278. The molecule has 0 bridgehead atoms. The van der Waals surface area contributed by atoms with E-state index in [0.717, 1.165) is 13.7 Å². The van der Waals surface area contributed by atoms with Gasteiger partial charge in [0.25, 0.3) is 0 Å². The molecule has 1 heterocycles. The zero-order chi connectivity index (χ0) is 9.42. The average Bonchev–Trinajstić information content (AvgIpc) is 2.42. The van der Waals surface area contributed by atoms with Gasteiger partial charge in [0.05, 0.1) is 6.61 Å². The van der Waals surface area contributed by atoms with Crippen LogP contribution in [-0.2, 0) is 6.61 Å². The fourth-order valence-electron chi connectivity index (χ4n) is 1.30. The van der Waals surface area contributed by atoms with Gasteiger partial charge in [0, 0.05) is 19.2 Å². The molecule has 0 spiro atoms. The third-order valence-corrected chi connectivity index (χ3v) is 3.80. The molecule has 68 valence electrons. The Bertz CT molecular complexity index is 450. The van der Waals surface area contributed by atoms with Crippen molar-refractivity contribution >= 4 is 44.0 Å². The second-order valence-electron chi connectivity index (χ2n) is 2.66. The Labute approximate surface area is 93.0 Å². The summed E-state index contributed by atoms with van der Waals surface area (Å²) in [5, 5.41) is 19.8. The molecule has 0 saturated heterocycles. The maximum absolute atomic E-state index is 9.51. The lowest BCUT2D eigenvalue weighted by Gasteiger charge is -1.96. The van der Waals surface area contributed by atoms with Gasteiger partial charge in [-0.05, 0) is 34.7 Å². The summed E-state index contributed by atoms with van der Waals surface area (Å²) in [5.41, 5.74) is 0.644. The van der Waals surface area contributed by atoms with Crippen LogP contribution in [0.2, 0.25) is 0 Å². The number of rotatable bonds is 1. The van der Waals surface area contributed by atoms with Gasteiger partial charge >= 0.3 is 0 Å². The minimum Gasteiger partial charge on any atom is -0.499 e. The molecule has 0 radical (unpaired) electrons. The van der Waals surface area contributed by atoms with Crippen molar-refractivity contribution in [3.8, 4) is 5.06 Å². The minimum absolute atomic E-state index is 0.105. The first-order valence-corrected chi connectivity index (χ1v) is 5.63. The second-order valence-corrected chi connectivity index (χ2v) is 4.85. The van der Waals surface area contributed by atoms with Crippen LogP contribution in [0.1, 0.15) is 5.56 Å². The fourth-order valence-corrected chi connectivity index (χ4v) is 3.29. The standard InChI is InChI=1S/C9H7IO2S/c10-6-2-1-3-7-8(6)5(4-11)9(12)13-7/h1-3,11-12H,4H2. The molecule has 2 rings (SSSR count). The summed E-state index contributed by atoms with van der Waals surface area (Å²) >= 11 is 3.51. The van der Waals surface area contributed by atoms with E-state index in [1.807, 2.05) is 18.2 Å². The summed E-state index contributed by atoms with van der Waals surface area (Å²) in [6.07, 6.45) is 0. The molecule has 1 aromatic heterocycles. The highest BCUT2D eigenvalue weighted by Crippen LogP contribution is 2.38. The van der Waals surface area contributed by atoms with E-state index in [1.165, 1.54) is 11.3 Å². The molecule has 0 amide bonds. The maximum atomic E-state index is 9.51. The Kier molecular flexibility index (Phi) is 2.44. The summed E-state index contributed by atoms with van der Waals surface area (Å²) < 4.78 is 2.09. The molecular weight excluding hydrogens is 299 g/mol. The van der Waals surface area contributed by atoms with Crippen LogP contribution in [0.5, 0.6) is 5.06 Å². The van der Waals surface area contributed by atoms with Crippen molar-refractivity contribution in [1.29, 1.82) is 0 Å². The highest BCUT2D eigenvalue weighted by Gasteiger charge is 2.12.